The van der Waals surface area contributed by atoms with Gasteiger partial charge in [0.2, 0.25) is 5.78 Å². The molecule has 0 aromatic heterocycles. The maximum absolute atomic E-state index is 12.8. The Kier molecular flexibility index (Phi) is 5.29. The van der Waals surface area contributed by atoms with E-state index in [0.717, 1.165) is 12.8 Å². The molecule has 1 aromatic rings. The molecule has 0 radical (unpaired) electrons. The highest BCUT2D eigenvalue weighted by atomic mass is 35.5. The van der Waals surface area contributed by atoms with Crippen molar-refractivity contribution in [2.75, 3.05) is 6.61 Å². The lowest BCUT2D eigenvalue weighted by molar-refractivity contribution is 0.0536. The predicted octanol–water partition coefficient (Wildman–Crippen LogP) is 4.50. The number of aryl methyl sites for hydroxylation is 2. The van der Waals surface area contributed by atoms with Crippen molar-refractivity contribution in [2.45, 2.75) is 39.0 Å². The van der Waals surface area contributed by atoms with E-state index in [4.69, 9.17) is 16.3 Å². The summed E-state index contributed by atoms with van der Waals surface area (Å²) in [6.45, 7) is 6.05. The first-order valence-electron chi connectivity index (χ1n) is 6.13. The summed E-state index contributed by atoms with van der Waals surface area (Å²) >= 11 is 4.75. The predicted molar refractivity (Wildman–Crippen MR) is 71.4 cm³/mol. The number of Topliss-reactive ketones (excluding diaryl/α,β-unsaturated/α-hetero) is 1. The van der Waals surface area contributed by atoms with Crippen molar-refractivity contribution in [1.29, 1.82) is 0 Å². The average Bonchev–Trinajstić information content (AvgIpc) is 2.30. The van der Waals surface area contributed by atoms with Crippen LogP contribution < -0.4 is 4.74 Å². The van der Waals surface area contributed by atoms with E-state index in [1.807, 2.05) is 6.92 Å². The Morgan fingerprint density at radius 3 is 2.26 bits per heavy atom. The van der Waals surface area contributed by atoms with E-state index in [9.17, 15) is 13.6 Å². The fourth-order valence-corrected chi connectivity index (χ4v) is 1.90. The highest BCUT2D eigenvalue weighted by Gasteiger charge is 2.36. The molecular weight excluding hydrogens is 274 g/mol. The van der Waals surface area contributed by atoms with E-state index in [0.29, 0.717) is 23.5 Å². The van der Waals surface area contributed by atoms with Gasteiger partial charge in [0.1, 0.15) is 5.75 Å². The number of hydrogen-bond acceptors (Lipinski definition) is 2. The minimum Gasteiger partial charge on any atom is -0.493 e. The monoisotopic (exact) mass is 290 g/mol. The fourth-order valence-electron chi connectivity index (χ4n) is 1.79. The van der Waals surface area contributed by atoms with Gasteiger partial charge in [-0.2, -0.15) is 8.78 Å². The maximum Gasteiger partial charge on any atom is 0.384 e. The molecule has 1 rings (SSSR count). The molecule has 0 saturated heterocycles. The van der Waals surface area contributed by atoms with Crippen LogP contribution in [-0.2, 0) is 0 Å². The van der Waals surface area contributed by atoms with Crippen LogP contribution in [0.15, 0.2) is 12.1 Å². The standard InChI is InChI=1S/C14H17ClF2O2/c1-4-5-6-19-12-9(2)7-11(8-10(12)3)13(18)14(15,16)17/h7-8H,4-6H2,1-3H3. The van der Waals surface area contributed by atoms with Crippen LogP contribution in [0.4, 0.5) is 8.78 Å². The van der Waals surface area contributed by atoms with Gasteiger partial charge in [0.15, 0.2) is 0 Å². The number of unbranched alkanes of at least 4 members (excludes halogenated alkanes) is 1. The zero-order chi connectivity index (χ0) is 14.6. The van der Waals surface area contributed by atoms with Crippen molar-refractivity contribution in [1.82, 2.24) is 0 Å². The Morgan fingerprint density at radius 2 is 1.84 bits per heavy atom. The SMILES string of the molecule is CCCCOc1c(C)cc(C(=O)C(F)(F)Cl)cc1C. The lowest BCUT2D eigenvalue weighted by Gasteiger charge is -2.14. The van der Waals surface area contributed by atoms with Gasteiger partial charge >= 0.3 is 5.38 Å². The number of ketones is 1. The summed E-state index contributed by atoms with van der Waals surface area (Å²) < 4.78 is 31.2. The maximum atomic E-state index is 12.8. The number of ether oxygens (including phenoxy) is 1. The molecule has 0 aliphatic rings. The number of halogens is 3. The first-order valence-corrected chi connectivity index (χ1v) is 6.50. The molecule has 0 spiro atoms. The molecule has 0 aliphatic carbocycles. The lowest BCUT2D eigenvalue weighted by Crippen LogP contribution is -2.21. The topological polar surface area (TPSA) is 26.3 Å². The van der Waals surface area contributed by atoms with Gasteiger partial charge in [-0.3, -0.25) is 4.79 Å². The molecule has 0 aliphatic heterocycles. The second kappa shape index (κ2) is 6.33. The molecule has 19 heavy (non-hydrogen) atoms. The van der Waals surface area contributed by atoms with Crippen LogP contribution in [0.3, 0.4) is 0 Å². The molecule has 0 bridgehead atoms. The Labute approximate surface area is 116 Å². The third-order valence-corrected chi connectivity index (χ3v) is 2.90. The van der Waals surface area contributed by atoms with E-state index in [1.54, 1.807) is 13.8 Å². The molecule has 0 fully saturated rings. The van der Waals surface area contributed by atoms with Gasteiger partial charge in [-0.05, 0) is 55.1 Å². The Balaban J connectivity index is 3.00. The summed E-state index contributed by atoms with van der Waals surface area (Å²) in [5.41, 5.74) is 1.21. The molecule has 2 nitrogen and oxygen atoms in total. The fraction of sp³-hybridized carbons (Fsp3) is 0.500. The van der Waals surface area contributed by atoms with E-state index >= 15 is 0 Å². The van der Waals surface area contributed by atoms with Crippen LogP contribution >= 0.6 is 11.6 Å². The van der Waals surface area contributed by atoms with Crippen molar-refractivity contribution in [3.63, 3.8) is 0 Å². The largest absolute Gasteiger partial charge is 0.493 e. The molecule has 106 valence electrons. The van der Waals surface area contributed by atoms with Gasteiger partial charge in [0.25, 0.3) is 0 Å². The van der Waals surface area contributed by atoms with Crippen molar-refractivity contribution in [2.24, 2.45) is 0 Å². The normalized spacial score (nSPS) is 11.5. The van der Waals surface area contributed by atoms with E-state index < -0.39 is 11.2 Å². The van der Waals surface area contributed by atoms with Gasteiger partial charge in [-0.1, -0.05) is 13.3 Å². The zero-order valence-electron chi connectivity index (χ0n) is 11.2. The number of rotatable bonds is 6. The Hall–Kier alpha value is -1.16. The summed E-state index contributed by atoms with van der Waals surface area (Å²) in [6.07, 6.45) is 1.92. The molecule has 0 heterocycles. The summed E-state index contributed by atoms with van der Waals surface area (Å²) in [5, 5.41) is -3.87. The lowest BCUT2D eigenvalue weighted by atomic mass is 10.0. The van der Waals surface area contributed by atoms with Crippen molar-refractivity contribution >= 4 is 17.4 Å². The first-order chi connectivity index (χ1) is 8.77. The van der Waals surface area contributed by atoms with Gasteiger partial charge < -0.3 is 4.74 Å². The number of alkyl halides is 3. The van der Waals surface area contributed by atoms with Gasteiger partial charge in [0.05, 0.1) is 6.61 Å². The molecule has 5 heteroatoms. The zero-order valence-corrected chi connectivity index (χ0v) is 12.0. The quantitative estimate of drug-likeness (QED) is 0.438. The molecular formula is C14H17ClF2O2. The first kappa shape index (κ1) is 15.9. The van der Waals surface area contributed by atoms with Crippen LogP contribution in [0.2, 0.25) is 0 Å². The summed E-state index contributed by atoms with van der Waals surface area (Å²) in [5.74, 6) is -0.747. The number of benzene rings is 1. The third-order valence-electron chi connectivity index (χ3n) is 2.72. The summed E-state index contributed by atoms with van der Waals surface area (Å²) in [4.78, 5) is 11.4. The minimum atomic E-state index is -3.87. The van der Waals surface area contributed by atoms with E-state index in [-0.39, 0.29) is 5.56 Å². The van der Waals surface area contributed by atoms with Crippen LogP contribution in [0.5, 0.6) is 5.75 Å². The Morgan fingerprint density at radius 1 is 1.32 bits per heavy atom. The highest BCUT2D eigenvalue weighted by molar-refractivity contribution is 6.35. The number of carbonyl (C=O) groups is 1. The van der Waals surface area contributed by atoms with Crippen LogP contribution in [0.25, 0.3) is 0 Å². The molecule has 0 amide bonds. The van der Waals surface area contributed by atoms with Gasteiger partial charge in [-0.25, -0.2) is 0 Å². The van der Waals surface area contributed by atoms with Crippen molar-refractivity contribution < 1.29 is 18.3 Å². The van der Waals surface area contributed by atoms with Gasteiger partial charge in [0, 0.05) is 5.56 Å². The molecule has 0 unspecified atom stereocenters. The van der Waals surface area contributed by atoms with Crippen molar-refractivity contribution in [3.05, 3.63) is 28.8 Å². The second-order valence-electron chi connectivity index (χ2n) is 4.47. The Bertz CT molecular complexity index is 444. The second-order valence-corrected chi connectivity index (χ2v) is 4.94. The third kappa shape index (κ3) is 4.16. The smallest absolute Gasteiger partial charge is 0.384 e. The van der Waals surface area contributed by atoms with E-state index in [2.05, 4.69) is 0 Å². The molecule has 0 saturated carbocycles. The highest BCUT2D eigenvalue weighted by Crippen LogP contribution is 2.30. The van der Waals surface area contributed by atoms with Crippen LogP contribution in [-0.4, -0.2) is 17.8 Å². The van der Waals surface area contributed by atoms with Crippen LogP contribution in [0, 0.1) is 13.8 Å². The molecule has 1 aromatic carbocycles. The van der Waals surface area contributed by atoms with Crippen molar-refractivity contribution in [3.8, 4) is 5.75 Å². The van der Waals surface area contributed by atoms with E-state index in [1.165, 1.54) is 12.1 Å². The van der Waals surface area contributed by atoms with Crippen LogP contribution in [0.1, 0.15) is 41.3 Å². The average molecular weight is 291 g/mol. The summed E-state index contributed by atoms with van der Waals surface area (Å²) in [7, 11) is 0. The summed E-state index contributed by atoms with van der Waals surface area (Å²) in [6, 6.07) is 2.76. The molecule has 0 N–H and O–H groups in total. The number of hydrogen-bond donors (Lipinski definition) is 0. The number of carbonyl (C=O) groups excluding carboxylic acids is 1. The van der Waals surface area contributed by atoms with Gasteiger partial charge in [-0.15, -0.1) is 0 Å². The minimum absolute atomic E-state index is 0.0992. The molecule has 0 atom stereocenters.